The molecule has 4 aromatic heterocycles. The Morgan fingerprint density at radius 3 is 2.86 bits per heavy atom. The van der Waals surface area contributed by atoms with Gasteiger partial charge in [-0.2, -0.15) is 0 Å². The largest absolute Gasteiger partial charge is 0.461 e. The standard InChI is InChI=1S/C17H20N8O3S/c1-3-4-7-24-14-12(15(26)20-16(24)27)23(2)11(19-14)9-29-17-22-21-13(25(17)18)10-6-5-8-28-10/h5-6,8H,3-4,7,9,18H2,1-2H3,(H,20,26,27). The van der Waals surface area contributed by atoms with Crippen molar-refractivity contribution in [3.05, 3.63) is 45.1 Å². The van der Waals surface area contributed by atoms with Gasteiger partial charge in [-0.15, -0.1) is 10.2 Å². The van der Waals surface area contributed by atoms with Crippen LogP contribution < -0.4 is 17.1 Å². The molecule has 0 aliphatic heterocycles. The lowest BCUT2D eigenvalue weighted by molar-refractivity contribution is 0.574. The summed E-state index contributed by atoms with van der Waals surface area (Å²) in [6, 6.07) is 3.49. The number of nitrogens with two attached hydrogens (primary N) is 1. The number of aromatic nitrogens is 7. The molecule has 12 heteroatoms. The van der Waals surface area contributed by atoms with Crippen LogP contribution in [0.2, 0.25) is 0 Å². The van der Waals surface area contributed by atoms with Gasteiger partial charge in [0.1, 0.15) is 5.82 Å². The third-order valence-corrected chi connectivity index (χ3v) is 5.52. The first-order valence-corrected chi connectivity index (χ1v) is 10.1. The van der Waals surface area contributed by atoms with Crippen molar-refractivity contribution in [1.29, 1.82) is 0 Å². The van der Waals surface area contributed by atoms with Gasteiger partial charge < -0.3 is 14.8 Å². The molecule has 0 amide bonds. The number of nitrogens with one attached hydrogen (secondary N) is 1. The number of hydrogen-bond acceptors (Lipinski definition) is 8. The van der Waals surface area contributed by atoms with E-state index in [-0.39, 0.29) is 0 Å². The quantitative estimate of drug-likeness (QED) is 0.337. The Kier molecular flexibility index (Phi) is 5.01. The molecular weight excluding hydrogens is 396 g/mol. The van der Waals surface area contributed by atoms with Gasteiger partial charge >= 0.3 is 5.69 Å². The first-order valence-electron chi connectivity index (χ1n) is 9.06. The normalized spacial score (nSPS) is 11.5. The van der Waals surface area contributed by atoms with Gasteiger partial charge in [0.25, 0.3) is 5.56 Å². The SMILES string of the molecule is CCCCn1c(=O)[nH]c(=O)c2c1nc(CSc1nnc(-c3ccco3)n1N)n2C. The minimum Gasteiger partial charge on any atom is -0.461 e. The summed E-state index contributed by atoms with van der Waals surface area (Å²) >= 11 is 1.32. The van der Waals surface area contributed by atoms with Crippen LogP contribution in [0.15, 0.2) is 37.6 Å². The number of unbranched alkanes of at least 4 members (excludes halogenated alkanes) is 1. The maximum absolute atomic E-state index is 12.3. The fourth-order valence-corrected chi connectivity index (χ4v) is 3.86. The summed E-state index contributed by atoms with van der Waals surface area (Å²) in [6.45, 7) is 2.53. The Morgan fingerprint density at radius 2 is 2.14 bits per heavy atom. The molecule has 0 atom stereocenters. The van der Waals surface area contributed by atoms with E-state index >= 15 is 0 Å². The number of H-pyrrole nitrogens is 1. The van der Waals surface area contributed by atoms with Crippen molar-refractivity contribution < 1.29 is 4.42 Å². The second kappa shape index (κ2) is 7.62. The van der Waals surface area contributed by atoms with E-state index in [1.165, 1.54) is 27.3 Å². The van der Waals surface area contributed by atoms with Crippen molar-refractivity contribution in [2.24, 2.45) is 7.05 Å². The highest BCUT2D eigenvalue weighted by Crippen LogP contribution is 2.25. The molecular formula is C17H20N8O3S. The lowest BCUT2D eigenvalue weighted by Crippen LogP contribution is -2.31. The predicted molar refractivity (Wildman–Crippen MR) is 108 cm³/mol. The first-order chi connectivity index (χ1) is 14.0. The van der Waals surface area contributed by atoms with Crippen LogP contribution in [0.25, 0.3) is 22.7 Å². The molecule has 0 saturated carbocycles. The summed E-state index contributed by atoms with van der Waals surface area (Å²) in [6.07, 6.45) is 3.27. The number of imidazole rings is 1. The Morgan fingerprint density at radius 1 is 1.31 bits per heavy atom. The van der Waals surface area contributed by atoms with Crippen molar-refractivity contribution in [1.82, 2.24) is 34.0 Å². The van der Waals surface area contributed by atoms with Gasteiger partial charge in [-0.05, 0) is 18.6 Å². The Balaban J connectivity index is 1.66. The monoisotopic (exact) mass is 416 g/mol. The zero-order valence-electron chi connectivity index (χ0n) is 16.0. The summed E-state index contributed by atoms with van der Waals surface area (Å²) < 4.78 is 9.85. The third kappa shape index (κ3) is 3.35. The summed E-state index contributed by atoms with van der Waals surface area (Å²) in [5.74, 6) is 8.01. The topological polar surface area (TPSA) is 143 Å². The molecule has 152 valence electrons. The van der Waals surface area contributed by atoms with Gasteiger partial charge in [-0.1, -0.05) is 25.1 Å². The van der Waals surface area contributed by atoms with E-state index in [4.69, 9.17) is 10.3 Å². The minimum atomic E-state index is -0.453. The maximum atomic E-state index is 12.3. The molecule has 4 aromatic rings. The highest BCUT2D eigenvalue weighted by atomic mass is 32.2. The van der Waals surface area contributed by atoms with Crippen LogP contribution in [0.5, 0.6) is 0 Å². The molecule has 0 aliphatic carbocycles. The number of aromatic amines is 1. The van der Waals surface area contributed by atoms with E-state index in [1.54, 1.807) is 23.7 Å². The molecule has 3 N–H and O–H groups in total. The van der Waals surface area contributed by atoms with Crippen LogP contribution in [0.4, 0.5) is 0 Å². The molecule has 0 spiro atoms. The third-order valence-electron chi connectivity index (χ3n) is 4.58. The average molecular weight is 416 g/mol. The van der Waals surface area contributed by atoms with Gasteiger partial charge in [0, 0.05) is 13.6 Å². The summed E-state index contributed by atoms with van der Waals surface area (Å²) in [7, 11) is 1.75. The Labute approximate surface area is 168 Å². The Hall–Kier alpha value is -3.28. The lowest BCUT2D eigenvalue weighted by atomic mass is 10.3. The second-order valence-corrected chi connectivity index (χ2v) is 7.41. The molecule has 4 heterocycles. The molecule has 0 radical (unpaired) electrons. The zero-order chi connectivity index (χ0) is 20.5. The number of nitrogen functional groups attached to an aromatic ring is 1. The number of rotatable bonds is 7. The van der Waals surface area contributed by atoms with Crippen molar-refractivity contribution in [2.45, 2.75) is 37.2 Å². The highest BCUT2D eigenvalue weighted by Gasteiger charge is 2.19. The van der Waals surface area contributed by atoms with Crippen molar-refractivity contribution in [3.8, 4) is 11.6 Å². The van der Waals surface area contributed by atoms with E-state index in [0.717, 1.165) is 12.8 Å². The number of thioether (sulfide) groups is 1. The summed E-state index contributed by atoms with van der Waals surface area (Å²) in [5, 5.41) is 8.62. The zero-order valence-corrected chi connectivity index (χ0v) is 16.8. The van der Waals surface area contributed by atoms with E-state index in [9.17, 15) is 9.59 Å². The molecule has 0 bridgehead atoms. The van der Waals surface area contributed by atoms with Crippen molar-refractivity contribution >= 4 is 22.9 Å². The molecule has 0 aromatic carbocycles. The highest BCUT2D eigenvalue weighted by molar-refractivity contribution is 7.98. The van der Waals surface area contributed by atoms with E-state index in [0.29, 0.717) is 46.0 Å². The van der Waals surface area contributed by atoms with Gasteiger partial charge in [0.2, 0.25) is 11.0 Å². The maximum Gasteiger partial charge on any atom is 0.330 e. The van der Waals surface area contributed by atoms with Crippen molar-refractivity contribution in [3.63, 3.8) is 0 Å². The van der Waals surface area contributed by atoms with E-state index in [2.05, 4.69) is 20.2 Å². The number of hydrogen-bond donors (Lipinski definition) is 2. The van der Waals surface area contributed by atoms with Crippen LogP contribution in [0, 0.1) is 0 Å². The van der Waals surface area contributed by atoms with Crippen molar-refractivity contribution in [2.75, 3.05) is 5.84 Å². The second-order valence-electron chi connectivity index (χ2n) is 6.47. The fraction of sp³-hybridized carbons (Fsp3) is 0.353. The van der Waals surface area contributed by atoms with Crippen LogP contribution in [-0.2, 0) is 19.3 Å². The Bertz CT molecular complexity index is 1260. The van der Waals surface area contributed by atoms with E-state index in [1.807, 2.05) is 6.92 Å². The molecule has 0 unspecified atom stereocenters. The van der Waals surface area contributed by atoms with Gasteiger partial charge in [-0.25, -0.2) is 14.5 Å². The molecule has 4 rings (SSSR count). The summed E-state index contributed by atoms with van der Waals surface area (Å²) in [4.78, 5) is 31.5. The summed E-state index contributed by atoms with van der Waals surface area (Å²) in [5.41, 5.74) is -0.151. The van der Waals surface area contributed by atoms with E-state index < -0.39 is 11.2 Å². The van der Waals surface area contributed by atoms with Gasteiger partial charge in [0.15, 0.2) is 16.9 Å². The first kappa shape index (κ1) is 19.1. The van der Waals surface area contributed by atoms with Crippen LogP contribution in [0.1, 0.15) is 25.6 Å². The lowest BCUT2D eigenvalue weighted by Gasteiger charge is -2.04. The number of aryl methyl sites for hydroxylation is 2. The fourth-order valence-electron chi connectivity index (χ4n) is 3.02. The molecule has 0 fully saturated rings. The van der Waals surface area contributed by atoms with Gasteiger partial charge in [0.05, 0.1) is 12.0 Å². The van der Waals surface area contributed by atoms with Crippen LogP contribution in [-0.4, -0.2) is 34.0 Å². The van der Waals surface area contributed by atoms with Crippen LogP contribution in [0.3, 0.4) is 0 Å². The number of nitrogens with zero attached hydrogens (tertiary/aromatic N) is 6. The molecule has 29 heavy (non-hydrogen) atoms. The molecule has 0 saturated heterocycles. The molecule has 11 nitrogen and oxygen atoms in total. The smallest absolute Gasteiger partial charge is 0.330 e. The number of fused-ring (bicyclic) bond motifs is 1. The molecule has 0 aliphatic rings. The average Bonchev–Trinajstić information content (AvgIpc) is 3.40. The van der Waals surface area contributed by atoms with Gasteiger partial charge in [-0.3, -0.25) is 14.3 Å². The predicted octanol–water partition coefficient (Wildman–Crippen LogP) is 1.08. The van der Waals surface area contributed by atoms with Crippen LogP contribution >= 0.6 is 11.8 Å². The minimum absolute atomic E-state index is 0.363. The number of furan rings is 1.